The number of hydrogen-bond donors (Lipinski definition) is 3. The summed E-state index contributed by atoms with van der Waals surface area (Å²) in [6.45, 7) is 5.47. The van der Waals surface area contributed by atoms with Crippen molar-refractivity contribution in [3.63, 3.8) is 0 Å². The summed E-state index contributed by atoms with van der Waals surface area (Å²) in [5, 5.41) is 9.78. The maximum absolute atomic E-state index is 11.9. The lowest BCUT2D eigenvalue weighted by atomic mass is 9.87. The number of benzene rings is 1. The van der Waals surface area contributed by atoms with Gasteiger partial charge in [-0.3, -0.25) is 4.90 Å². The molecule has 1 aromatic carbocycles. The van der Waals surface area contributed by atoms with Gasteiger partial charge in [-0.05, 0) is 57.7 Å². The van der Waals surface area contributed by atoms with Crippen LogP contribution in [0.15, 0.2) is 28.2 Å². The topological polar surface area (TPSA) is 121 Å². The van der Waals surface area contributed by atoms with Gasteiger partial charge >= 0.3 is 5.97 Å². The van der Waals surface area contributed by atoms with E-state index in [1.807, 2.05) is 35.8 Å². The Labute approximate surface area is 159 Å². The van der Waals surface area contributed by atoms with E-state index in [2.05, 4.69) is 9.98 Å². The molecule has 0 saturated heterocycles. The molecule has 3 rings (SSSR count). The first-order chi connectivity index (χ1) is 12.9. The molecule has 146 valence electrons. The minimum atomic E-state index is -0.966. The Morgan fingerprint density at radius 1 is 1.22 bits per heavy atom. The average Bonchev–Trinajstić information content (AvgIpc) is 2.63. The molecule has 1 fully saturated rings. The second-order valence-electron chi connectivity index (χ2n) is 7.00. The number of anilines is 2. The van der Waals surface area contributed by atoms with Crippen molar-refractivity contribution < 1.29 is 9.90 Å². The van der Waals surface area contributed by atoms with Crippen LogP contribution in [0, 0.1) is 0 Å². The van der Waals surface area contributed by atoms with E-state index >= 15 is 0 Å². The van der Waals surface area contributed by atoms with Gasteiger partial charge in [-0.15, -0.1) is 0 Å². The number of aliphatic imine (C=N–C) groups is 2. The highest BCUT2D eigenvalue weighted by Crippen LogP contribution is 2.40. The molecular formula is C19H28N6O2. The summed E-state index contributed by atoms with van der Waals surface area (Å²) in [6.07, 6.45) is 4.80. The Balaban J connectivity index is 2.10. The fraction of sp³-hybridized carbons (Fsp3) is 0.526. The maximum Gasteiger partial charge on any atom is 0.337 e. The number of nitrogens with two attached hydrogens (primary N) is 2. The van der Waals surface area contributed by atoms with Gasteiger partial charge in [0.25, 0.3) is 0 Å². The van der Waals surface area contributed by atoms with E-state index in [1.165, 1.54) is 0 Å². The average molecular weight is 372 g/mol. The molecule has 1 heterocycles. The van der Waals surface area contributed by atoms with Crippen LogP contribution in [0.4, 0.5) is 11.4 Å². The molecule has 0 radical (unpaired) electrons. The number of guanidine groups is 2. The lowest BCUT2D eigenvalue weighted by Gasteiger charge is -2.45. The van der Waals surface area contributed by atoms with Gasteiger partial charge in [0.1, 0.15) is 5.66 Å². The SMILES string of the molecule is CCN(CC)c1ccc(N2C(N)=NC(N)=NC23CCCCC3)cc1C(=O)O. The molecule has 0 bridgehead atoms. The highest BCUT2D eigenvalue weighted by atomic mass is 16.4. The number of carboxylic acid groups (broad SMARTS) is 1. The minimum absolute atomic E-state index is 0.184. The van der Waals surface area contributed by atoms with Crippen LogP contribution in [-0.4, -0.2) is 41.7 Å². The molecule has 5 N–H and O–H groups in total. The van der Waals surface area contributed by atoms with E-state index in [0.29, 0.717) is 11.4 Å². The third-order valence-corrected chi connectivity index (χ3v) is 5.42. The second-order valence-corrected chi connectivity index (χ2v) is 7.00. The van der Waals surface area contributed by atoms with E-state index in [4.69, 9.17) is 11.5 Å². The molecule has 0 atom stereocenters. The number of carbonyl (C=O) groups is 1. The van der Waals surface area contributed by atoms with Gasteiger partial charge in [-0.25, -0.2) is 9.79 Å². The minimum Gasteiger partial charge on any atom is -0.478 e. The van der Waals surface area contributed by atoms with Crippen molar-refractivity contribution in [1.29, 1.82) is 0 Å². The van der Waals surface area contributed by atoms with E-state index in [1.54, 1.807) is 6.07 Å². The van der Waals surface area contributed by atoms with Crippen molar-refractivity contribution in [1.82, 2.24) is 0 Å². The second kappa shape index (κ2) is 7.46. The van der Waals surface area contributed by atoms with E-state index < -0.39 is 11.6 Å². The maximum atomic E-state index is 11.9. The van der Waals surface area contributed by atoms with Gasteiger partial charge in [0.05, 0.1) is 11.3 Å². The zero-order valence-electron chi connectivity index (χ0n) is 16.0. The van der Waals surface area contributed by atoms with Crippen LogP contribution in [-0.2, 0) is 0 Å². The Morgan fingerprint density at radius 3 is 2.48 bits per heavy atom. The van der Waals surface area contributed by atoms with E-state index in [0.717, 1.165) is 45.2 Å². The molecule has 0 amide bonds. The van der Waals surface area contributed by atoms with Crippen LogP contribution < -0.4 is 21.3 Å². The third-order valence-electron chi connectivity index (χ3n) is 5.42. The third kappa shape index (κ3) is 3.43. The molecule has 0 aromatic heterocycles. The number of carboxylic acids is 1. The summed E-state index contributed by atoms with van der Waals surface area (Å²) in [5.74, 6) is -0.521. The quantitative estimate of drug-likeness (QED) is 0.729. The molecule has 1 saturated carbocycles. The molecular weight excluding hydrogens is 344 g/mol. The van der Waals surface area contributed by atoms with Gasteiger partial charge in [-0.2, -0.15) is 4.99 Å². The fourth-order valence-corrected chi connectivity index (χ4v) is 4.17. The zero-order valence-corrected chi connectivity index (χ0v) is 16.0. The van der Waals surface area contributed by atoms with Gasteiger partial charge in [-0.1, -0.05) is 6.42 Å². The van der Waals surface area contributed by atoms with Crippen LogP contribution in [0.2, 0.25) is 0 Å². The largest absolute Gasteiger partial charge is 0.478 e. The number of nitrogens with zero attached hydrogens (tertiary/aromatic N) is 4. The predicted molar refractivity (Wildman–Crippen MR) is 109 cm³/mol. The van der Waals surface area contributed by atoms with Crippen LogP contribution >= 0.6 is 0 Å². The van der Waals surface area contributed by atoms with Gasteiger partial charge in [0.15, 0.2) is 0 Å². The first kappa shape index (κ1) is 19.0. The summed E-state index contributed by atoms with van der Waals surface area (Å²) in [7, 11) is 0. The highest BCUT2D eigenvalue weighted by Gasteiger charge is 2.42. The number of rotatable bonds is 5. The highest BCUT2D eigenvalue weighted by molar-refractivity contribution is 6.06. The molecule has 2 aliphatic rings. The molecule has 1 spiro atoms. The number of hydrogen-bond acceptors (Lipinski definition) is 7. The molecule has 27 heavy (non-hydrogen) atoms. The standard InChI is InChI=1S/C19H28N6O2/c1-3-24(4-2)15-9-8-13(12-14(15)16(26)27)25-18(21)22-17(20)23-19(25)10-6-5-7-11-19/h8-9,12H,3-7,10-11H2,1-2H3,(H,26,27)(H4,20,21,22,23). The smallest absolute Gasteiger partial charge is 0.337 e. The Bertz CT molecular complexity index is 778. The number of aromatic carboxylic acids is 1. The molecule has 1 aliphatic heterocycles. The lowest BCUT2D eigenvalue weighted by Crippen LogP contribution is -2.58. The van der Waals surface area contributed by atoms with Crippen molar-refractivity contribution in [3.8, 4) is 0 Å². The summed E-state index contributed by atoms with van der Waals surface area (Å²) in [6, 6.07) is 5.42. The first-order valence-corrected chi connectivity index (χ1v) is 9.54. The van der Waals surface area contributed by atoms with Crippen molar-refractivity contribution in [2.75, 3.05) is 22.9 Å². The predicted octanol–water partition coefficient (Wildman–Crippen LogP) is 2.34. The van der Waals surface area contributed by atoms with Crippen molar-refractivity contribution in [3.05, 3.63) is 23.8 Å². The molecule has 0 unspecified atom stereocenters. The summed E-state index contributed by atoms with van der Waals surface area (Å²) < 4.78 is 0. The van der Waals surface area contributed by atoms with Gasteiger partial charge in [0.2, 0.25) is 11.9 Å². The first-order valence-electron chi connectivity index (χ1n) is 9.54. The Morgan fingerprint density at radius 2 is 1.89 bits per heavy atom. The van der Waals surface area contributed by atoms with Crippen molar-refractivity contribution >= 4 is 29.3 Å². The molecule has 1 aromatic rings. The van der Waals surface area contributed by atoms with Gasteiger partial charge < -0.3 is 21.5 Å². The van der Waals surface area contributed by atoms with Crippen LogP contribution in [0.1, 0.15) is 56.3 Å². The normalized spacial score (nSPS) is 18.8. The van der Waals surface area contributed by atoms with E-state index in [9.17, 15) is 9.90 Å². The van der Waals surface area contributed by atoms with Crippen LogP contribution in [0.25, 0.3) is 0 Å². The Kier molecular flexibility index (Phi) is 5.25. The lowest BCUT2D eigenvalue weighted by molar-refractivity contribution is 0.0697. The monoisotopic (exact) mass is 372 g/mol. The summed E-state index contributed by atoms with van der Waals surface area (Å²) in [4.78, 5) is 24.6. The summed E-state index contributed by atoms with van der Waals surface area (Å²) >= 11 is 0. The zero-order chi connectivity index (χ0) is 19.6. The Hall–Kier alpha value is -2.77. The molecule has 1 aliphatic carbocycles. The molecule has 8 nitrogen and oxygen atoms in total. The van der Waals surface area contributed by atoms with Crippen LogP contribution in [0.5, 0.6) is 0 Å². The fourth-order valence-electron chi connectivity index (χ4n) is 4.17. The van der Waals surface area contributed by atoms with Crippen LogP contribution in [0.3, 0.4) is 0 Å². The molecule has 8 heteroatoms. The summed E-state index contributed by atoms with van der Waals surface area (Å²) in [5.41, 5.74) is 13.2. The van der Waals surface area contributed by atoms with E-state index in [-0.39, 0.29) is 17.5 Å². The van der Waals surface area contributed by atoms with Crippen molar-refractivity contribution in [2.45, 2.75) is 51.6 Å². The van der Waals surface area contributed by atoms with Gasteiger partial charge in [0, 0.05) is 18.8 Å². The van der Waals surface area contributed by atoms with Crippen molar-refractivity contribution in [2.24, 2.45) is 21.5 Å².